The second-order valence-corrected chi connectivity index (χ2v) is 4.56. The van der Waals surface area contributed by atoms with Crippen molar-refractivity contribution < 1.29 is 19.1 Å². The van der Waals surface area contributed by atoms with E-state index in [1.807, 2.05) is 20.8 Å². The molecule has 1 amide bonds. The lowest BCUT2D eigenvalue weighted by Gasteiger charge is -2.19. The molecule has 0 heterocycles. The average molecular weight is 259 g/mol. The van der Waals surface area contributed by atoms with E-state index in [1.54, 1.807) is 0 Å². The molecular weight excluding hydrogens is 234 g/mol. The molecule has 0 aromatic rings. The highest BCUT2D eigenvalue weighted by atomic mass is 16.5. The zero-order valence-corrected chi connectivity index (χ0v) is 11.8. The number of rotatable bonds is 10. The fourth-order valence-corrected chi connectivity index (χ4v) is 1.48. The SMILES string of the molecule is CCCOCCOCC(=O)NC(C(C)=O)C(C)C. The van der Waals surface area contributed by atoms with Crippen LogP contribution < -0.4 is 5.32 Å². The van der Waals surface area contributed by atoms with Crippen LogP contribution in [0.25, 0.3) is 0 Å². The number of amides is 1. The van der Waals surface area contributed by atoms with Crippen molar-refractivity contribution in [3.05, 3.63) is 0 Å². The maximum absolute atomic E-state index is 11.5. The zero-order valence-electron chi connectivity index (χ0n) is 11.8. The van der Waals surface area contributed by atoms with Gasteiger partial charge < -0.3 is 14.8 Å². The monoisotopic (exact) mass is 259 g/mol. The van der Waals surface area contributed by atoms with Crippen LogP contribution in [0.4, 0.5) is 0 Å². The third-order valence-electron chi connectivity index (χ3n) is 2.37. The van der Waals surface area contributed by atoms with Gasteiger partial charge in [0.15, 0.2) is 5.78 Å². The van der Waals surface area contributed by atoms with Gasteiger partial charge in [-0.1, -0.05) is 20.8 Å². The standard InChI is InChI=1S/C13H25NO4/c1-5-6-17-7-8-18-9-12(16)14-13(10(2)3)11(4)15/h10,13H,5-9H2,1-4H3,(H,14,16). The van der Waals surface area contributed by atoms with Crippen LogP contribution in [0.2, 0.25) is 0 Å². The van der Waals surface area contributed by atoms with E-state index in [0.29, 0.717) is 19.8 Å². The van der Waals surface area contributed by atoms with Crippen molar-refractivity contribution in [2.24, 2.45) is 5.92 Å². The van der Waals surface area contributed by atoms with Crippen LogP contribution in [0.15, 0.2) is 0 Å². The molecule has 5 nitrogen and oxygen atoms in total. The number of ketones is 1. The number of hydrogen-bond donors (Lipinski definition) is 1. The summed E-state index contributed by atoms with van der Waals surface area (Å²) < 4.78 is 10.4. The lowest BCUT2D eigenvalue weighted by Crippen LogP contribution is -2.44. The van der Waals surface area contributed by atoms with E-state index >= 15 is 0 Å². The van der Waals surface area contributed by atoms with Gasteiger partial charge in [0, 0.05) is 6.61 Å². The van der Waals surface area contributed by atoms with E-state index in [1.165, 1.54) is 6.92 Å². The van der Waals surface area contributed by atoms with Crippen molar-refractivity contribution in [1.29, 1.82) is 0 Å². The van der Waals surface area contributed by atoms with Gasteiger partial charge in [-0.2, -0.15) is 0 Å². The van der Waals surface area contributed by atoms with Crippen LogP contribution in [0.5, 0.6) is 0 Å². The largest absolute Gasteiger partial charge is 0.379 e. The highest BCUT2D eigenvalue weighted by Gasteiger charge is 2.20. The van der Waals surface area contributed by atoms with Crippen LogP contribution in [0.1, 0.15) is 34.1 Å². The van der Waals surface area contributed by atoms with Crippen molar-refractivity contribution in [3.8, 4) is 0 Å². The van der Waals surface area contributed by atoms with Gasteiger partial charge in [0.25, 0.3) is 0 Å². The molecule has 5 heteroatoms. The molecule has 1 atom stereocenters. The van der Waals surface area contributed by atoms with E-state index in [0.717, 1.165) is 6.42 Å². The maximum atomic E-state index is 11.5. The van der Waals surface area contributed by atoms with Crippen molar-refractivity contribution in [1.82, 2.24) is 5.32 Å². The summed E-state index contributed by atoms with van der Waals surface area (Å²) in [7, 11) is 0. The Labute approximate surface area is 109 Å². The molecule has 0 aromatic carbocycles. The molecule has 0 radical (unpaired) electrons. The average Bonchev–Trinajstić information content (AvgIpc) is 2.29. The highest BCUT2D eigenvalue weighted by Crippen LogP contribution is 2.02. The Hall–Kier alpha value is -0.940. The lowest BCUT2D eigenvalue weighted by molar-refractivity contribution is -0.131. The summed E-state index contributed by atoms with van der Waals surface area (Å²) in [6.45, 7) is 8.84. The predicted octanol–water partition coefficient (Wildman–Crippen LogP) is 1.16. The van der Waals surface area contributed by atoms with Crippen LogP contribution in [0, 0.1) is 5.92 Å². The lowest BCUT2D eigenvalue weighted by atomic mass is 10.0. The van der Waals surface area contributed by atoms with Gasteiger partial charge in [-0.05, 0) is 19.3 Å². The van der Waals surface area contributed by atoms with Crippen LogP contribution in [-0.4, -0.2) is 44.2 Å². The summed E-state index contributed by atoms with van der Waals surface area (Å²) >= 11 is 0. The van der Waals surface area contributed by atoms with Crippen molar-refractivity contribution in [3.63, 3.8) is 0 Å². The van der Waals surface area contributed by atoms with Crippen LogP contribution >= 0.6 is 0 Å². The third-order valence-corrected chi connectivity index (χ3v) is 2.37. The van der Waals surface area contributed by atoms with Gasteiger partial charge >= 0.3 is 0 Å². The summed E-state index contributed by atoms with van der Waals surface area (Å²) in [6, 6.07) is -0.433. The molecule has 18 heavy (non-hydrogen) atoms. The van der Waals surface area contributed by atoms with Crippen molar-refractivity contribution >= 4 is 11.7 Å². The second-order valence-electron chi connectivity index (χ2n) is 4.56. The molecule has 0 rings (SSSR count). The minimum atomic E-state index is -0.433. The Morgan fingerprint density at radius 1 is 1.11 bits per heavy atom. The molecule has 1 N–H and O–H groups in total. The van der Waals surface area contributed by atoms with E-state index in [-0.39, 0.29) is 24.2 Å². The number of ether oxygens (including phenoxy) is 2. The molecule has 0 saturated carbocycles. The minimum Gasteiger partial charge on any atom is -0.379 e. The van der Waals surface area contributed by atoms with Gasteiger partial charge in [-0.25, -0.2) is 0 Å². The number of carbonyl (C=O) groups is 2. The van der Waals surface area contributed by atoms with Crippen molar-refractivity contribution in [2.45, 2.75) is 40.2 Å². The Morgan fingerprint density at radius 3 is 2.22 bits per heavy atom. The molecule has 106 valence electrons. The van der Waals surface area contributed by atoms with Gasteiger partial charge in [0.05, 0.1) is 19.3 Å². The van der Waals surface area contributed by atoms with Gasteiger partial charge in [-0.15, -0.1) is 0 Å². The smallest absolute Gasteiger partial charge is 0.246 e. The third kappa shape index (κ3) is 8.20. The van der Waals surface area contributed by atoms with E-state index in [4.69, 9.17) is 9.47 Å². The Kier molecular flexibility index (Phi) is 9.50. The first-order valence-corrected chi connectivity index (χ1v) is 6.44. The first kappa shape index (κ1) is 17.1. The Morgan fingerprint density at radius 2 is 1.72 bits per heavy atom. The van der Waals surface area contributed by atoms with E-state index in [2.05, 4.69) is 5.32 Å². The Bertz CT molecular complexity index is 253. The minimum absolute atomic E-state index is 0.0357. The fourth-order valence-electron chi connectivity index (χ4n) is 1.48. The normalized spacial score (nSPS) is 12.5. The predicted molar refractivity (Wildman–Crippen MR) is 69.4 cm³/mol. The summed E-state index contributed by atoms with van der Waals surface area (Å²) in [4.78, 5) is 22.8. The molecule has 0 aliphatic carbocycles. The van der Waals surface area contributed by atoms with E-state index < -0.39 is 6.04 Å². The molecular formula is C13H25NO4. The molecule has 0 aliphatic rings. The fraction of sp³-hybridized carbons (Fsp3) is 0.846. The first-order chi connectivity index (χ1) is 8.49. The quantitative estimate of drug-likeness (QED) is 0.598. The molecule has 0 fully saturated rings. The van der Waals surface area contributed by atoms with Crippen LogP contribution in [0.3, 0.4) is 0 Å². The Balaban J connectivity index is 3.72. The number of Topliss-reactive ketones (excluding diaryl/α,β-unsaturated/α-hetero) is 1. The topological polar surface area (TPSA) is 64.6 Å². The molecule has 0 aromatic heterocycles. The van der Waals surface area contributed by atoms with Gasteiger partial charge in [0.1, 0.15) is 6.61 Å². The summed E-state index contributed by atoms with van der Waals surface area (Å²) in [5.41, 5.74) is 0. The number of hydrogen-bond acceptors (Lipinski definition) is 4. The summed E-state index contributed by atoms with van der Waals surface area (Å²) in [6.07, 6.45) is 0.967. The molecule has 0 spiro atoms. The summed E-state index contributed by atoms with van der Waals surface area (Å²) in [5, 5.41) is 2.66. The van der Waals surface area contributed by atoms with Crippen LogP contribution in [-0.2, 0) is 19.1 Å². The molecule has 0 bridgehead atoms. The maximum Gasteiger partial charge on any atom is 0.246 e. The number of carbonyl (C=O) groups excluding carboxylic acids is 2. The molecule has 0 saturated heterocycles. The first-order valence-electron chi connectivity index (χ1n) is 6.44. The summed E-state index contributed by atoms with van der Waals surface area (Å²) in [5.74, 6) is -0.219. The molecule has 1 unspecified atom stereocenters. The zero-order chi connectivity index (χ0) is 14.0. The van der Waals surface area contributed by atoms with E-state index in [9.17, 15) is 9.59 Å². The van der Waals surface area contributed by atoms with Gasteiger partial charge in [0.2, 0.25) is 5.91 Å². The highest BCUT2D eigenvalue weighted by molar-refractivity contribution is 5.88. The second kappa shape index (κ2) is 10.0. The van der Waals surface area contributed by atoms with Crippen molar-refractivity contribution in [2.75, 3.05) is 26.4 Å². The number of nitrogens with one attached hydrogen (secondary N) is 1. The molecule has 0 aliphatic heterocycles. The van der Waals surface area contributed by atoms with Gasteiger partial charge in [-0.3, -0.25) is 9.59 Å².